The molecular formula is C5H6BrN3. The number of H-pyrrole nitrogens is 1. The molecule has 0 saturated heterocycles. The van der Waals surface area contributed by atoms with E-state index in [9.17, 15) is 0 Å². The first kappa shape index (κ1) is 5.44. The molecule has 0 amide bonds. The lowest BCUT2D eigenvalue weighted by molar-refractivity contribution is 0.739. The monoisotopic (exact) mass is 187 g/mol. The predicted octanol–water partition coefficient (Wildman–Crippen LogP) is 0.775. The summed E-state index contributed by atoms with van der Waals surface area (Å²) in [5.74, 6) is 0. The highest BCUT2D eigenvalue weighted by molar-refractivity contribution is 9.10. The van der Waals surface area contributed by atoms with E-state index >= 15 is 0 Å². The third kappa shape index (κ3) is 0.702. The van der Waals surface area contributed by atoms with Crippen LogP contribution in [0.5, 0.6) is 0 Å². The molecule has 0 radical (unpaired) electrons. The standard InChI is InChI=1S/C5H6BrN3/c6-5-3-1-7-2-4(3)8-9-5/h7H,1-2H2,(H,8,9). The molecule has 0 bridgehead atoms. The summed E-state index contributed by atoms with van der Waals surface area (Å²) in [6.45, 7) is 1.86. The SMILES string of the molecule is Brc1n[nH]c2c1CNC2. The zero-order valence-corrected chi connectivity index (χ0v) is 6.33. The van der Waals surface area contributed by atoms with Gasteiger partial charge in [-0.3, -0.25) is 5.10 Å². The van der Waals surface area contributed by atoms with Gasteiger partial charge in [0, 0.05) is 18.7 Å². The minimum absolute atomic E-state index is 0.925. The second-order valence-corrected chi connectivity index (χ2v) is 2.83. The molecule has 1 aromatic heterocycles. The van der Waals surface area contributed by atoms with E-state index in [-0.39, 0.29) is 0 Å². The van der Waals surface area contributed by atoms with Crippen molar-refractivity contribution < 1.29 is 0 Å². The van der Waals surface area contributed by atoms with Crippen molar-refractivity contribution in [2.75, 3.05) is 0 Å². The maximum Gasteiger partial charge on any atom is 0.132 e. The van der Waals surface area contributed by atoms with Gasteiger partial charge in [0.05, 0.1) is 5.69 Å². The van der Waals surface area contributed by atoms with Gasteiger partial charge in [0.1, 0.15) is 4.60 Å². The minimum Gasteiger partial charge on any atom is -0.307 e. The summed E-state index contributed by atoms with van der Waals surface area (Å²) in [6, 6.07) is 0. The fourth-order valence-electron chi connectivity index (χ4n) is 1.01. The van der Waals surface area contributed by atoms with Gasteiger partial charge in [-0.2, -0.15) is 5.10 Å². The van der Waals surface area contributed by atoms with Gasteiger partial charge in [-0.05, 0) is 15.9 Å². The Kier molecular flexibility index (Phi) is 1.10. The van der Waals surface area contributed by atoms with Crippen LogP contribution in [0, 0.1) is 0 Å². The van der Waals surface area contributed by atoms with E-state index in [0.29, 0.717) is 0 Å². The lowest BCUT2D eigenvalue weighted by atomic mass is 10.3. The molecular weight excluding hydrogens is 182 g/mol. The second kappa shape index (κ2) is 1.82. The highest BCUT2D eigenvalue weighted by Crippen LogP contribution is 2.20. The van der Waals surface area contributed by atoms with E-state index < -0.39 is 0 Å². The predicted molar refractivity (Wildman–Crippen MR) is 36.8 cm³/mol. The summed E-state index contributed by atoms with van der Waals surface area (Å²) in [5, 5.41) is 10.1. The largest absolute Gasteiger partial charge is 0.307 e. The van der Waals surface area contributed by atoms with Gasteiger partial charge in [0.15, 0.2) is 0 Å². The van der Waals surface area contributed by atoms with E-state index in [0.717, 1.165) is 17.7 Å². The molecule has 2 N–H and O–H groups in total. The summed E-state index contributed by atoms with van der Waals surface area (Å²) in [7, 11) is 0. The molecule has 0 saturated carbocycles. The average molecular weight is 188 g/mol. The number of aromatic amines is 1. The molecule has 4 heteroatoms. The number of fused-ring (bicyclic) bond motifs is 1. The van der Waals surface area contributed by atoms with Crippen LogP contribution < -0.4 is 5.32 Å². The van der Waals surface area contributed by atoms with Gasteiger partial charge in [-0.25, -0.2) is 0 Å². The van der Waals surface area contributed by atoms with Crippen LogP contribution in [0.4, 0.5) is 0 Å². The molecule has 2 rings (SSSR count). The van der Waals surface area contributed by atoms with E-state index in [4.69, 9.17) is 0 Å². The molecule has 1 aliphatic heterocycles. The maximum absolute atomic E-state index is 3.99. The van der Waals surface area contributed by atoms with E-state index in [1.165, 1.54) is 11.3 Å². The molecule has 0 aromatic carbocycles. The van der Waals surface area contributed by atoms with Crippen molar-refractivity contribution in [3.8, 4) is 0 Å². The lowest BCUT2D eigenvalue weighted by Gasteiger charge is -1.85. The fourth-order valence-corrected chi connectivity index (χ4v) is 1.48. The Morgan fingerprint density at radius 3 is 3.11 bits per heavy atom. The number of halogens is 1. The Labute approximate surface area is 61.0 Å². The highest BCUT2D eigenvalue weighted by Gasteiger charge is 2.15. The van der Waals surface area contributed by atoms with Crippen molar-refractivity contribution in [1.29, 1.82) is 0 Å². The van der Waals surface area contributed by atoms with Gasteiger partial charge in [0.2, 0.25) is 0 Å². The molecule has 0 aliphatic carbocycles. The third-order valence-corrected chi connectivity index (χ3v) is 2.16. The van der Waals surface area contributed by atoms with Crippen molar-refractivity contribution in [3.63, 3.8) is 0 Å². The van der Waals surface area contributed by atoms with Gasteiger partial charge in [-0.1, -0.05) is 0 Å². The minimum atomic E-state index is 0.925. The van der Waals surface area contributed by atoms with Crippen LogP contribution >= 0.6 is 15.9 Å². The average Bonchev–Trinajstić information content (AvgIpc) is 2.35. The molecule has 0 unspecified atom stereocenters. The first-order valence-corrected chi connectivity index (χ1v) is 3.59. The number of rotatable bonds is 0. The molecule has 3 nitrogen and oxygen atoms in total. The molecule has 0 spiro atoms. The summed E-state index contributed by atoms with van der Waals surface area (Å²) in [4.78, 5) is 0. The second-order valence-electron chi connectivity index (χ2n) is 2.08. The zero-order chi connectivity index (χ0) is 6.27. The van der Waals surface area contributed by atoms with Crippen molar-refractivity contribution in [2.24, 2.45) is 0 Å². The molecule has 9 heavy (non-hydrogen) atoms. The van der Waals surface area contributed by atoms with Gasteiger partial charge < -0.3 is 5.32 Å². The molecule has 0 atom stereocenters. The van der Waals surface area contributed by atoms with Crippen LogP contribution in [0.1, 0.15) is 11.3 Å². The first-order valence-electron chi connectivity index (χ1n) is 2.80. The lowest BCUT2D eigenvalue weighted by Crippen LogP contribution is -2.02. The quantitative estimate of drug-likeness (QED) is 0.631. The summed E-state index contributed by atoms with van der Waals surface area (Å²) >= 11 is 3.33. The number of hydrogen-bond donors (Lipinski definition) is 2. The Morgan fingerprint density at radius 2 is 2.33 bits per heavy atom. The van der Waals surface area contributed by atoms with Crippen molar-refractivity contribution in [1.82, 2.24) is 15.5 Å². The first-order chi connectivity index (χ1) is 4.38. The summed E-state index contributed by atoms with van der Waals surface area (Å²) in [6.07, 6.45) is 0. The van der Waals surface area contributed by atoms with Crippen LogP contribution in [0.3, 0.4) is 0 Å². The number of nitrogens with zero attached hydrogens (tertiary/aromatic N) is 1. The van der Waals surface area contributed by atoms with Crippen LogP contribution in [-0.2, 0) is 13.1 Å². The van der Waals surface area contributed by atoms with Gasteiger partial charge >= 0.3 is 0 Å². The number of nitrogens with one attached hydrogen (secondary N) is 2. The van der Waals surface area contributed by atoms with Crippen LogP contribution in [0.15, 0.2) is 4.60 Å². The Balaban J connectivity index is 2.56. The van der Waals surface area contributed by atoms with Crippen LogP contribution in [-0.4, -0.2) is 10.2 Å². The Morgan fingerprint density at radius 1 is 1.44 bits per heavy atom. The molecule has 1 aromatic rings. The fraction of sp³-hybridized carbons (Fsp3) is 0.400. The Hall–Kier alpha value is -0.350. The van der Waals surface area contributed by atoms with Gasteiger partial charge in [0.25, 0.3) is 0 Å². The smallest absolute Gasteiger partial charge is 0.132 e. The third-order valence-electron chi connectivity index (χ3n) is 1.51. The number of aromatic nitrogens is 2. The summed E-state index contributed by atoms with van der Waals surface area (Å²) in [5.41, 5.74) is 2.48. The van der Waals surface area contributed by atoms with Crippen molar-refractivity contribution in [3.05, 3.63) is 15.9 Å². The molecule has 48 valence electrons. The Bertz CT molecular complexity index is 230. The topological polar surface area (TPSA) is 40.7 Å². The molecule has 2 heterocycles. The van der Waals surface area contributed by atoms with E-state index in [1.54, 1.807) is 0 Å². The van der Waals surface area contributed by atoms with Crippen LogP contribution in [0.25, 0.3) is 0 Å². The van der Waals surface area contributed by atoms with Crippen molar-refractivity contribution >= 4 is 15.9 Å². The normalized spacial score (nSPS) is 16.1. The molecule has 1 aliphatic rings. The molecule has 0 fully saturated rings. The highest BCUT2D eigenvalue weighted by atomic mass is 79.9. The summed E-state index contributed by atoms with van der Waals surface area (Å²) < 4.78 is 0.947. The van der Waals surface area contributed by atoms with E-state index in [1.807, 2.05) is 0 Å². The van der Waals surface area contributed by atoms with Gasteiger partial charge in [-0.15, -0.1) is 0 Å². The van der Waals surface area contributed by atoms with E-state index in [2.05, 4.69) is 31.4 Å². The van der Waals surface area contributed by atoms with Crippen LogP contribution in [0.2, 0.25) is 0 Å². The maximum atomic E-state index is 3.99. The van der Waals surface area contributed by atoms with Crippen molar-refractivity contribution in [2.45, 2.75) is 13.1 Å². The number of hydrogen-bond acceptors (Lipinski definition) is 2. The zero-order valence-electron chi connectivity index (χ0n) is 4.74.